The van der Waals surface area contributed by atoms with Gasteiger partial charge in [0.05, 0.1) is 0 Å². The first kappa shape index (κ1) is 32.2. The minimum Gasteiger partial charge on any atom is -0.327 e. The van der Waals surface area contributed by atoms with E-state index in [4.69, 9.17) is 5.73 Å². The molecule has 0 aromatic rings. The van der Waals surface area contributed by atoms with Crippen LogP contribution in [0.25, 0.3) is 0 Å². The van der Waals surface area contributed by atoms with Crippen molar-refractivity contribution in [2.45, 2.75) is 181 Å². The number of hydrogen-bond donors (Lipinski definition) is 1. The van der Waals surface area contributed by atoms with Gasteiger partial charge in [0, 0.05) is 6.04 Å². The van der Waals surface area contributed by atoms with Crippen molar-refractivity contribution in [3.63, 3.8) is 0 Å². The van der Waals surface area contributed by atoms with Gasteiger partial charge in [-0.15, -0.1) is 12.4 Å². The Morgan fingerprint density at radius 1 is 0.656 bits per heavy atom. The Balaban J connectivity index is 0.00000961. The molecule has 0 bridgehead atoms. The minimum absolute atomic E-state index is 0. The van der Waals surface area contributed by atoms with Gasteiger partial charge in [-0.25, -0.2) is 0 Å². The lowest BCUT2D eigenvalue weighted by Crippen LogP contribution is -2.48. The second kappa shape index (κ2) is 21.8. The van der Waals surface area contributed by atoms with E-state index in [9.17, 15) is 0 Å². The fraction of sp³-hybridized carbons (Fsp3) is 1.00. The number of hydrogen-bond acceptors (Lipinski definition) is 1. The number of rotatable bonds is 21. The Labute approximate surface area is 210 Å². The van der Waals surface area contributed by atoms with Crippen LogP contribution in [0, 0.1) is 11.3 Å². The summed E-state index contributed by atoms with van der Waals surface area (Å²) in [6, 6.07) is 0.450. The van der Waals surface area contributed by atoms with Gasteiger partial charge in [-0.05, 0) is 37.0 Å². The molecule has 2 N–H and O–H groups in total. The van der Waals surface area contributed by atoms with Crippen molar-refractivity contribution < 1.29 is 0 Å². The standard InChI is InChI=1S/C30H61N.ClH/c1-4-7-8-9-10-11-12-13-14-15-16-17-18-19-20-25-29(31)30(26-6-3)27-22-21-24-28(30)23-5-2;/h28-29H,4-27,31H2,1-3H3;1H. The molecule has 3 atom stereocenters. The van der Waals surface area contributed by atoms with Crippen molar-refractivity contribution in [3.8, 4) is 0 Å². The summed E-state index contributed by atoms with van der Waals surface area (Å²) < 4.78 is 0. The maximum absolute atomic E-state index is 6.94. The van der Waals surface area contributed by atoms with E-state index in [0.29, 0.717) is 11.5 Å². The minimum atomic E-state index is 0. The predicted molar refractivity (Wildman–Crippen MR) is 149 cm³/mol. The van der Waals surface area contributed by atoms with E-state index in [1.165, 1.54) is 154 Å². The van der Waals surface area contributed by atoms with E-state index in [1.807, 2.05) is 0 Å². The van der Waals surface area contributed by atoms with Crippen LogP contribution in [-0.2, 0) is 0 Å². The molecule has 1 fully saturated rings. The van der Waals surface area contributed by atoms with E-state index in [2.05, 4.69) is 20.8 Å². The molecule has 2 heteroatoms. The van der Waals surface area contributed by atoms with Gasteiger partial charge < -0.3 is 5.73 Å². The van der Waals surface area contributed by atoms with Crippen LogP contribution in [0.4, 0.5) is 0 Å². The summed E-state index contributed by atoms with van der Waals surface area (Å²) in [7, 11) is 0. The molecule has 1 saturated carbocycles. The Morgan fingerprint density at radius 2 is 1.16 bits per heavy atom. The largest absolute Gasteiger partial charge is 0.327 e. The summed E-state index contributed by atoms with van der Waals surface area (Å²) in [4.78, 5) is 0. The highest BCUT2D eigenvalue weighted by Crippen LogP contribution is 2.49. The molecule has 0 amide bonds. The summed E-state index contributed by atoms with van der Waals surface area (Å²) >= 11 is 0. The molecule has 1 aliphatic rings. The van der Waals surface area contributed by atoms with Crippen LogP contribution in [0.2, 0.25) is 0 Å². The molecular weight excluding hydrogens is 410 g/mol. The highest BCUT2D eigenvalue weighted by Gasteiger charge is 2.43. The smallest absolute Gasteiger partial charge is 0.00982 e. The molecule has 0 saturated heterocycles. The normalized spacial score (nSPS) is 21.9. The van der Waals surface area contributed by atoms with Crippen LogP contribution >= 0.6 is 12.4 Å². The van der Waals surface area contributed by atoms with E-state index < -0.39 is 0 Å². The van der Waals surface area contributed by atoms with Gasteiger partial charge >= 0.3 is 0 Å². The lowest BCUT2D eigenvalue weighted by Gasteiger charge is -2.49. The number of unbranched alkanes of at least 4 members (excludes halogenated alkanes) is 14. The lowest BCUT2D eigenvalue weighted by molar-refractivity contribution is 0.0399. The van der Waals surface area contributed by atoms with Crippen molar-refractivity contribution in [1.29, 1.82) is 0 Å². The van der Waals surface area contributed by atoms with Gasteiger partial charge in [-0.1, -0.05) is 149 Å². The molecule has 0 aromatic heterocycles. The Morgan fingerprint density at radius 3 is 1.62 bits per heavy atom. The van der Waals surface area contributed by atoms with Crippen molar-refractivity contribution >= 4 is 12.4 Å². The van der Waals surface area contributed by atoms with Gasteiger partial charge in [0.25, 0.3) is 0 Å². The SMILES string of the molecule is CCCCCCCCCCCCCCCCCC(N)C1(CCC)CCCCC1CCC.Cl. The molecule has 0 aliphatic heterocycles. The third kappa shape index (κ3) is 13.2. The third-order valence-electron chi connectivity index (χ3n) is 8.47. The van der Waals surface area contributed by atoms with Crippen LogP contribution < -0.4 is 5.73 Å². The fourth-order valence-electron chi connectivity index (χ4n) is 6.61. The molecule has 3 unspecified atom stereocenters. The summed E-state index contributed by atoms with van der Waals surface area (Å²) in [5.74, 6) is 0.901. The number of halogens is 1. The van der Waals surface area contributed by atoms with E-state index in [0.717, 1.165) is 5.92 Å². The fourth-order valence-corrected chi connectivity index (χ4v) is 6.61. The maximum atomic E-state index is 6.94. The van der Waals surface area contributed by atoms with E-state index >= 15 is 0 Å². The molecule has 1 aliphatic carbocycles. The summed E-state index contributed by atoms with van der Waals surface area (Å²) in [5, 5.41) is 0. The summed E-state index contributed by atoms with van der Waals surface area (Å²) in [5.41, 5.74) is 7.42. The highest BCUT2D eigenvalue weighted by molar-refractivity contribution is 5.85. The van der Waals surface area contributed by atoms with Crippen molar-refractivity contribution in [1.82, 2.24) is 0 Å². The third-order valence-corrected chi connectivity index (χ3v) is 8.47. The average Bonchev–Trinajstić information content (AvgIpc) is 2.78. The van der Waals surface area contributed by atoms with Crippen molar-refractivity contribution in [2.24, 2.45) is 17.1 Å². The highest BCUT2D eigenvalue weighted by atomic mass is 35.5. The monoisotopic (exact) mass is 471 g/mol. The maximum Gasteiger partial charge on any atom is 0.00982 e. The van der Waals surface area contributed by atoms with Gasteiger partial charge in [0.1, 0.15) is 0 Å². The molecular formula is C30H62ClN. The lowest BCUT2D eigenvalue weighted by atomic mass is 9.58. The second-order valence-corrected chi connectivity index (χ2v) is 11.1. The Kier molecular flexibility index (Phi) is 21.9. The van der Waals surface area contributed by atoms with Gasteiger partial charge in [0.15, 0.2) is 0 Å². The average molecular weight is 472 g/mol. The number of nitrogens with two attached hydrogens (primary N) is 1. The molecule has 1 nitrogen and oxygen atoms in total. The van der Waals surface area contributed by atoms with Crippen LogP contribution in [0.5, 0.6) is 0 Å². The van der Waals surface area contributed by atoms with Crippen molar-refractivity contribution in [3.05, 3.63) is 0 Å². The summed E-state index contributed by atoms with van der Waals surface area (Å²) in [6.07, 6.45) is 34.1. The van der Waals surface area contributed by atoms with Crippen molar-refractivity contribution in [2.75, 3.05) is 0 Å². The van der Waals surface area contributed by atoms with Crippen LogP contribution in [0.1, 0.15) is 175 Å². The molecule has 0 aromatic carbocycles. The van der Waals surface area contributed by atoms with Gasteiger partial charge in [0.2, 0.25) is 0 Å². The first-order valence-electron chi connectivity index (χ1n) is 15.0. The molecule has 194 valence electrons. The quantitative estimate of drug-likeness (QED) is 0.165. The first-order chi connectivity index (χ1) is 15.2. The topological polar surface area (TPSA) is 26.0 Å². The molecule has 0 spiro atoms. The Bertz CT molecular complexity index is 379. The molecule has 1 rings (SSSR count). The second-order valence-electron chi connectivity index (χ2n) is 11.1. The summed E-state index contributed by atoms with van der Waals surface area (Å²) in [6.45, 7) is 7.04. The molecule has 0 heterocycles. The van der Waals surface area contributed by atoms with Gasteiger partial charge in [-0.3, -0.25) is 0 Å². The van der Waals surface area contributed by atoms with Crippen LogP contribution in [0.15, 0.2) is 0 Å². The molecule has 32 heavy (non-hydrogen) atoms. The zero-order valence-corrected chi connectivity index (χ0v) is 23.4. The van der Waals surface area contributed by atoms with E-state index in [-0.39, 0.29) is 12.4 Å². The van der Waals surface area contributed by atoms with Crippen LogP contribution in [-0.4, -0.2) is 6.04 Å². The zero-order valence-electron chi connectivity index (χ0n) is 22.6. The Hall–Kier alpha value is 0.250. The zero-order chi connectivity index (χ0) is 22.6. The van der Waals surface area contributed by atoms with Crippen LogP contribution in [0.3, 0.4) is 0 Å². The first-order valence-corrected chi connectivity index (χ1v) is 15.0. The predicted octanol–water partition coefficient (Wildman–Crippen LogP) is 10.8. The van der Waals surface area contributed by atoms with E-state index in [1.54, 1.807) is 0 Å². The molecule has 0 radical (unpaired) electrons. The van der Waals surface area contributed by atoms with Gasteiger partial charge in [-0.2, -0.15) is 0 Å².